The molecular formula is C28H26N2O2. The molecular weight excluding hydrogens is 396 g/mol. The van der Waals surface area contributed by atoms with E-state index in [4.69, 9.17) is 4.74 Å². The van der Waals surface area contributed by atoms with Crippen LogP contribution in [-0.2, 0) is 4.79 Å². The van der Waals surface area contributed by atoms with Crippen molar-refractivity contribution in [3.05, 3.63) is 120 Å². The number of methoxy groups -OCH3 is 1. The quantitative estimate of drug-likeness (QED) is 0.384. The van der Waals surface area contributed by atoms with Crippen molar-refractivity contribution in [1.29, 1.82) is 0 Å². The Bertz CT molecular complexity index is 1140. The topological polar surface area (TPSA) is 50.4 Å². The Labute approximate surface area is 188 Å². The molecule has 4 aromatic carbocycles. The van der Waals surface area contributed by atoms with E-state index in [9.17, 15) is 4.79 Å². The fourth-order valence-electron chi connectivity index (χ4n) is 3.72. The fourth-order valence-corrected chi connectivity index (χ4v) is 3.72. The van der Waals surface area contributed by atoms with Crippen LogP contribution in [0.3, 0.4) is 0 Å². The normalized spacial score (nSPS) is 11.5. The molecule has 0 aliphatic carbocycles. The number of anilines is 1. The number of hydrogen-bond donors (Lipinski definition) is 2. The second kappa shape index (κ2) is 10.4. The average molecular weight is 423 g/mol. The van der Waals surface area contributed by atoms with Gasteiger partial charge in [-0.3, -0.25) is 10.1 Å². The third-order valence-corrected chi connectivity index (χ3v) is 5.33. The molecule has 0 aliphatic rings. The van der Waals surface area contributed by atoms with Crippen molar-refractivity contribution in [1.82, 2.24) is 5.32 Å². The van der Waals surface area contributed by atoms with Crippen molar-refractivity contribution in [3.63, 3.8) is 0 Å². The number of hydrogen-bond acceptors (Lipinski definition) is 3. The monoisotopic (exact) mass is 422 g/mol. The van der Waals surface area contributed by atoms with Gasteiger partial charge in [0, 0.05) is 11.3 Å². The summed E-state index contributed by atoms with van der Waals surface area (Å²) in [5.74, 6) is 0.707. The number of rotatable bonds is 8. The molecule has 4 nitrogen and oxygen atoms in total. The predicted octanol–water partition coefficient (Wildman–Crippen LogP) is 5.68. The molecule has 1 amide bonds. The van der Waals surface area contributed by atoms with E-state index in [2.05, 4.69) is 22.8 Å². The van der Waals surface area contributed by atoms with Crippen molar-refractivity contribution in [2.75, 3.05) is 19.0 Å². The van der Waals surface area contributed by atoms with Crippen LogP contribution >= 0.6 is 0 Å². The maximum Gasteiger partial charge on any atom is 0.238 e. The smallest absolute Gasteiger partial charge is 0.238 e. The molecule has 0 saturated heterocycles. The Morgan fingerprint density at radius 1 is 0.750 bits per heavy atom. The molecule has 0 heterocycles. The first-order chi connectivity index (χ1) is 15.7. The molecule has 1 atom stereocenters. The van der Waals surface area contributed by atoms with Crippen molar-refractivity contribution < 1.29 is 9.53 Å². The van der Waals surface area contributed by atoms with Crippen LogP contribution in [0.1, 0.15) is 17.2 Å². The van der Waals surface area contributed by atoms with Gasteiger partial charge in [-0.25, -0.2) is 0 Å². The summed E-state index contributed by atoms with van der Waals surface area (Å²) in [6, 6.07) is 35.8. The van der Waals surface area contributed by atoms with Crippen molar-refractivity contribution in [2.45, 2.75) is 6.04 Å². The molecule has 160 valence electrons. The number of ether oxygens (including phenoxy) is 1. The van der Waals surface area contributed by atoms with Crippen molar-refractivity contribution >= 4 is 11.6 Å². The third kappa shape index (κ3) is 5.23. The summed E-state index contributed by atoms with van der Waals surface area (Å²) in [4.78, 5) is 12.9. The summed E-state index contributed by atoms with van der Waals surface area (Å²) in [5, 5.41) is 6.48. The minimum Gasteiger partial charge on any atom is -0.497 e. The van der Waals surface area contributed by atoms with Crippen LogP contribution < -0.4 is 15.4 Å². The van der Waals surface area contributed by atoms with E-state index >= 15 is 0 Å². The summed E-state index contributed by atoms with van der Waals surface area (Å²) >= 11 is 0. The minimum atomic E-state index is -0.114. The Kier molecular flexibility index (Phi) is 6.95. The molecule has 4 aromatic rings. The van der Waals surface area contributed by atoms with Gasteiger partial charge in [0.15, 0.2) is 0 Å². The zero-order valence-electron chi connectivity index (χ0n) is 18.0. The number of nitrogens with one attached hydrogen (secondary N) is 2. The van der Waals surface area contributed by atoms with Crippen LogP contribution in [0.25, 0.3) is 11.1 Å². The highest BCUT2D eigenvalue weighted by atomic mass is 16.5. The van der Waals surface area contributed by atoms with Crippen LogP contribution in [0, 0.1) is 0 Å². The van der Waals surface area contributed by atoms with Crippen molar-refractivity contribution in [2.24, 2.45) is 0 Å². The van der Waals surface area contributed by atoms with Gasteiger partial charge in [0.2, 0.25) is 5.91 Å². The Morgan fingerprint density at radius 2 is 1.34 bits per heavy atom. The molecule has 4 rings (SSSR count). The largest absolute Gasteiger partial charge is 0.497 e. The highest BCUT2D eigenvalue weighted by Crippen LogP contribution is 2.28. The van der Waals surface area contributed by atoms with Gasteiger partial charge in [-0.05, 0) is 34.9 Å². The SMILES string of the molecule is COc1ccc([C@H](NCC(=O)Nc2ccccc2-c2ccccc2)c2ccccc2)cc1. The van der Waals surface area contributed by atoms with Gasteiger partial charge in [-0.1, -0.05) is 91.0 Å². The van der Waals surface area contributed by atoms with Gasteiger partial charge in [-0.2, -0.15) is 0 Å². The van der Waals surface area contributed by atoms with Gasteiger partial charge in [-0.15, -0.1) is 0 Å². The highest BCUT2D eigenvalue weighted by Gasteiger charge is 2.16. The summed E-state index contributed by atoms with van der Waals surface area (Å²) in [6.45, 7) is 0.175. The van der Waals surface area contributed by atoms with E-state index in [1.165, 1.54) is 0 Å². The van der Waals surface area contributed by atoms with E-state index in [0.717, 1.165) is 33.7 Å². The first-order valence-electron chi connectivity index (χ1n) is 10.6. The van der Waals surface area contributed by atoms with E-state index < -0.39 is 0 Å². The van der Waals surface area contributed by atoms with Crippen LogP contribution in [-0.4, -0.2) is 19.6 Å². The lowest BCUT2D eigenvalue weighted by molar-refractivity contribution is -0.115. The predicted molar refractivity (Wildman–Crippen MR) is 130 cm³/mol. The summed E-state index contributed by atoms with van der Waals surface area (Å²) in [6.07, 6.45) is 0. The van der Waals surface area contributed by atoms with Gasteiger partial charge >= 0.3 is 0 Å². The summed E-state index contributed by atoms with van der Waals surface area (Å²) < 4.78 is 5.28. The van der Waals surface area contributed by atoms with Crippen LogP contribution in [0.4, 0.5) is 5.69 Å². The fraction of sp³-hybridized carbons (Fsp3) is 0.107. The lowest BCUT2D eigenvalue weighted by Crippen LogP contribution is -2.32. The number of carbonyl (C=O) groups is 1. The zero-order valence-corrected chi connectivity index (χ0v) is 18.0. The molecule has 0 unspecified atom stereocenters. The average Bonchev–Trinajstić information content (AvgIpc) is 2.86. The van der Waals surface area contributed by atoms with Crippen LogP contribution in [0.5, 0.6) is 5.75 Å². The first kappa shape index (κ1) is 21.3. The van der Waals surface area contributed by atoms with Gasteiger partial charge < -0.3 is 10.1 Å². The Morgan fingerprint density at radius 3 is 2.03 bits per heavy atom. The van der Waals surface area contributed by atoms with Crippen molar-refractivity contribution in [3.8, 4) is 16.9 Å². The van der Waals surface area contributed by atoms with Gasteiger partial charge in [0.1, 0.15) is 5.75 Å². The third-order valence-electron chi connectivity index (χ3n) is 5.33. The maximum atomic E-state index is 12.9. The molecule has 0 radical (unpaired) electrons. The summed E-state index contributed by atoms with van der Waals surface area (Å²) in [5.41, 5.74) is 5.02. The molecule has 0 aliphatic heterocycles. The molecule has 32 heavy (non-hydrogen) atoms. The molecule has 0 aromatic heterocycles. The van der Waals surface area contributed by atoms with Crippen LogP contribution in [0.2, 0.25) is 0 Å². The molecule has 2 N–H and O–H groups in total. The van der Waals surface area contributed by atoms with Crippen LogP contribution in [0.15, 0.2) is 109 Å². The zero-order chi connectivity index (χ0) is 22.2. The molecule has 0 fully saturated rings. The van der Waals surface area contributed by atoms with E-state index in [1.807, 2.05) is 97.1 Å². The molecule has 4 heteroatoms. The molecule has 0 spiro atoms. The lowest BCUT2D eigenvalue weighted by atomic mass is 9.98. The first-order valence-corrected chi connectivity index (χ1v) is 10.6. The van der Waals surface area contributed by atoms with Gasteiger partial charge in [0.05, 0.1) is 19.7 Å². The second-order valence-electron chi connectivity index (χ2n) is 7.46. The summed E-state index contributed by atoms with van der Waals surface area (Å²) in [7, 11) is 1.65. The molecule has 0 bridgehead atoms. The number of para-hydroxylation sites is 1. The molecule has 0 saturated carbocycles. The number of benzene rings is 4. The standard InChI is InChI=1S/C28H26N2O2/c1-32-24-18-16-23(17-19-24)28(22-12-6-3-7-13-22)29-20-27(31)30-26-15-9-8-14-25(26)21-10-4-2-5-11-21/h2-19,28-29H,20H2,1H3,(H,30,31)/t28-/m1/s1. The van der Waals surface area contributed by atoms with E-state index in [-0.39, 0.29) is 18.5 Å². The highest BCUT2D eigenvalue weighted by molar-refractivity contribution is 5.96. The van der Waals surface area contributed by atoms with E-state index in [0.29, 0.717) is 0 Å². The number of carbonyl (C=O) groups excluding carboxylic acids is 1. The minimum absolute atomic E-state index is 0.0946. The Balaban J connectivity index is 1.50. The Hall–Kier alpha value is -3.89. The van der Waals surface area contributed by atoms with E-state index in [1.54, 1.807) is 7.11 Å². The lowest BCUT2D eigenvalue weighted by Gasteiger charge is -2.20. The van der Waals surface area contributed by atoms with Gasteiger partial charge in [0.25, 0.3) is 0 Å². The number of amides is 1. The maximum absolute atomic E-state index is 12.9. The second-order valence-corrected chi connectivity index (χ2v) is 7.46.